The van der Waals surface area contributed by atoms with Gasteiger partial charge in [-0.25, -0.2) is 4.79 Å². The number of aromatic nitrogens is 2. The summed E-state index contributed by atoms with van der Waals surface area (Å²) in [7, 11) is 0. The molecule has 0 bridgehead atoms. The van der Waals surface area contributed by atoms with Crippen LogP contribution in [0.5, 0.6) is 0 Å². The number of nitrogens with one attached hydrogen (secondary N) is 1. The number of carbonyl (C=O) groups excluding carboxylic acids is 2. The Kier molecular flexibility index (Phi) is 5.54. The van der Waals surface area contributed by atoms with Crippen molar-refractivity contribution in [2.45, 2.75) is 32.2 Å². The lowest BCUT2D eigenvalue weighted by Crippen LogP contribution is -2.39. The molecule has 27 heavy (non-hydrogen) atoms. The van der Waals surface area contributed by atoms with Crippen LogP contribution in [0.3, 0.4) is 0 Å². The van der Waals surface area contributed by atoms with E-state index < -0.39 is 5.97 Å². The Hall–Kier alpha value is -3.16. The molecule has 2 heterocycles. The zero-order valence-corrected chi connectivity index (χ0v) is 15.1. The second-order valence-corrected chi connectivity index (χ2v) is 6.52. The first kappa shape index (κ1) is 18.6. The molecule has 1 aliphatic rings. The van der Waals surface area contributed by atoms with Crippen LogP contribution in [0.1, 0.15) is 52.9 Å². The summed E-state index contributed by atoms with van der Waals surface area (Å²) >= 11 is 0. The summed E-state index contributed by atoms with van der Waals surface area (Å²) in [6, 6.07) is 7.02. The van der Waals surface area contributed by atoms with Crippen LogP contribution in [0.4, 0.5) is 5.69 Å². The van der Waals surface area contributed by atoms with Crippen molar-refractivity contribution in [3.63, 3.8) is 0 Å². The number of aromatic carboxylic acids is 1. The fourth-order valence-electron chi connectivity index (χ4n) is 3.14. The van der Waals surface area contributed by atoms with Gasteiger partial charge in [-0.1, -0.05) is 13.0 Å². The lowest BCUT2D eigenvalue weighted by Gasteiger charge is -2.32. The minimum Gasteiger partial charge on any atom is -0.478 e. The van der Waals surface area contributed by atoms with Crippen LogP contribution in [0.15, 0.2) is 36.7 Å². The standard InChI is InChI=1S/C19H22N4O4/c1-2-17(24)21-15-5-3-4-13(10-15)18(25)22-8-6-16(7-9-22)23-12-14(11-20-23)19(26)27/h3-5,10-12,16H,2,6-9H2,1H3,(H,21,24)(H,26,27). The van der Waals surface area contributed by atoms with E-state index in [1.165, 1.54) is 12.4 Å². The molecule has 8 heteroatoms. The molecule has 1 aliphatic heterocycles. The molecule has 0 unspecified atom stereocenters. The highest BCUT2D eigenvalue weighted by molar-refractivity contribution is 5.97. The summed E-state index contributed by atoms with van der Waals surface area (Å²) in [5.74, 6) is -1.17. The van der Waals surface area contributed by atoms with Gasteiger partial charge in [0.15, 0.2) is 0 Å². The van der Waals surface area contributed by atoms with Gasteiger partial charge in [-0.05, 0) is 31.0 Å². The Morgan fingerprint density at radius 1 is 1.22 bits per heavy atom. The van der Waals surface area contributed by atoms with E-state index >= 15 is 0 Å². The number of hydrogen-bond donors (Lipinski definition) is 2. The van der Waals surface area contributed by atoms with Crippen molar-refractivity contribution < 1.29 is 19.5 Å². The maximum atomic E-state index is 12.8. The van der Waals surface area contributed by atoms with E-state index in [-0.39, 0.29) is 23.4 Å². The van der Waals surface area contributed by atoms with Crippen molar-refractivity contribution in [3.05, 3.63) is 47.8 Å². The summed E-state index contributed by atoms with van der Waals surface area (Å²) in [5, 5.41) is 15.9. The third-order valence-electron chi connectivity index (χ3n) is 4.69. The number of amides is 2. The molecule has 0 atom stereocenters. The van der Waals surface area contributed by atoms with Crippen LogP contribution in [-0.4, -0.2) is 50.7 Å². The van der Waals surface area contributed by atoms with E-state index in [1.54, 1.807) is 40.8 Å². The number of carboxylic acids is 1. The number of carbonyl (C=O) groups is 3. The molecule has 1 aromatic carbocycles. The normalized spacial score (nSPS) is 14.8. The Bertz CT molecular complexity index is 853. The predicted molar refractivity (Wildman–Crippen MR) is 98.7 cm³/mol. The van der Waals surface area contributed by atoms with Gasteiger partial charge in [-0.3, -0.25) is 14.3 Å². The van der Waals surface area contributed by atoms with E-state index in [2.05, 4.69) is 10.4 Å². The van der Waals surface area contributed by atoms with Gasteiger partial charge in [0.05, 0.1) is 17.8 Å². The number of nitrogens with zero attached hydrogens (tertiary/aromatic N) is 3. The molecule has 0 radical (unpaired) electrons. The largest absolute Gasteiger partial charge is 0.478 e. The zero-order chi connectivity index (χ0) is 19.4. The summed E-state index contributed by atoms with van der Waals surface area (Å²) in [6.45, 7) is 2.90. The molecule has 1 fully saturated rings. The number of rotatable bonds is 5. The first-order valence-corrected chi connectivity index (χ1v) is 8.94. The molecule has 8 nitrogen and oxygen atoms in total. The predicted octanol–water partition coefficient (Wildman–Crippen LogP) is 2.41. The van der Waals surface area contributed by atoms with E-state index in [1.807, 2.05) is 0 Å². The monoisotopic (exact) mass is 370 g/mol. The first-order chi connectivity index (χ1) is 13.0. The molecule has 3 rings (SSSR count). The summed E-state index contributed by atoms with van der Waals surface area (Å²) < 4.78 is 1.67. The van der Waals surface area contributed by atoms with E-state index in [0.717, 1.165) is 0 Å². The molecule has 0 saturated carbocycles. The Morgan fingerprint density at radius 2 is 1.96 bits per heavy atom. The highest BCUT2D eigenvalue weighted by atomic mass is 16.4. The topological polar surface area (TPSA) is 105 Å². The van der Waals surface area contributed by atoms with Crippen molar-refractivity contribution >= 4 is 23.5 Å². The molecule has 2 aromatic rings. The third-order valence-corrected chi connectivity index (χ3v) is 4.69. The molecular formula is C19H22N4O4. The molecule has 2 amide bonds. The smallest absolute Gasteiger partial charge is 0.338 e. The summed E-state index contributed by atoms with van der Waals surface area (Å²) in [6.07, 6.45) is 4.67. The number of piperidine rings is 1. The Balaban J connectivity index is 1.62. The van der Waals surface area contributed by atoms with Gasteiger partial charge in [0.2, 0.25) is 5.91 Å². The van der Waals surface area contributed by atoms with Gasteiger partial charge >= 0.3 is 5.97 Å². The molecule has 0 spiro atoms. The van der Waals surface area contributed by atoms with Crippen LogP contribution in [0.25, 0.3) is 0 Å². The first-order valence-electron chi connectivity index (χ1n) is 8.94. The van der Waals surface area contributed by atoms with Crippen LogP contribution >= 0.6 is 0 Å². The highest BCUT2D eigenvalue weighted by Gasteiger charge is 2.25. The molecule has 1 aromatic heterocycles. The van der Waals surface area contributed by atoms with Gasteiger partial charge < -0.3 is 15.3 Å². The highest BCUT2D eigenvalue weighted by Crippen LogP contribution is 2.24. The fourth-order valence-corrected chi connectivity index (χ4v) is 3.14. The van der Waals surface area contributed by atoms with Gasteiger partial charge in [0.1, 0.15) is 0 Å². The minimum atomic E-state index is -0.996. The molecule has 142 valence electrons. The van der Waals surface area contributed by atoms with E-state index in [9.17, 15) is 14.4 Å². The SMILES string of the molecule is CCC(=O)Nc1cccc(C(=O)N2CCC(n3cc(C(=O)O)cn3)CC2)c1. The van der Waals surface area contributed by atoms with Gasteiger partial charge in [0, 0.05) is 37.0 Å². The minimum absolute atomic E-state index is 0.0762. The van der Waals surface area contributed by atoms with Gasteiger partial charge in [-0.2, -0.15) is 5.10 Å². The Morgan fingerprint density at radius 3 is 2.59 bits per heavy atom. The number of hydrogen-bond acceptors (Lipinski definition) is 4. The lowest BCUT2D eigenvalue weighted by molar-refractivity contribution is -0.115. The van der Waals surface area contributed by atoms with Crippen molar-refractivity contribution in [1.82, 2.24) is 14.7 Å². The second-order valence-electron chi connectivity index (χ2n) is 6.52. The van der Waals surface area contributed by atoms with Crippen LogP contribution in [0, 0.1) is 0 Å². The lowest BCUT2D eigenvalue weighted by atomic mass is 10.0. The van der Waals surface area contributed by atoms with Crippen LogP contribution in [0.2, 0.25) is 0 Å². The number of benzene rings is 1. The zero-order valence-electron chi connectivity index (χ0n) is 15.1. The number of likely N-dealkylation sites (tertiary alicyclic amines) is 1. The maximum Gasteiger partial charge on any atom is 0.338 e. The quantitative estimate of drug-likeness (QED) is 0.841. The molecule has 2 N–H and O–H groups in total. The molecular weight excluding hydrogens is 348 g/mol. The van der Waals surface area contributed by atoms with Crippen molar-refractivity contribution in [3.8, 4) is 0 Å². The maximum absolute atomic E-state index is 12.8. The van der Waals surface area contributed by atoms with Crippen LogP contribution < -0.4 is 5.32 Å². The van der Waals surface area contributed by atoms with Gasteiger partial charge in [-0.15, -0.1) is 0 Å². The average molecular weight is 370 g/mol. The second kappa shape index (κ2) is 8.03. The molecule has 1 saturated heterocycles. The van der Waals surface area contributed by atoms with Crippen LogP contribution in [-0.2, 0) is 4.79 Å². The van der Waals surface area contributed by atoms with E-state index in [4.69, 9.17) is 5.11 Å². The van der Waals surface area contributed by atoms with Crippen molar-refractivity contribution in [2.24, 2.45) is 0 Å². The Labute approximate surface area is 156 Å². The number of anilines is 1. The van der Waals surface area contributed by atoms with Crippen molar-refractivity contribution in [1.29, 1.82) is 0 Å². The molecule has 0 aliphatic carbocycles. The number of carboxylic acid groups (broad SMARTS) is 1. The van der Waals surface area contributed by atoms with Crippen molar-refractivity contribution in [2.75, 3.05) is 18.4 Å². The third kappa shape index (κ3) is 4.33. The summed E-state index contributed by atoms with van der Waals surface area (Å²) in [4.78, 5) is 37.0. The van der Waals surface area contributed by atoms with Gasteiger partial charge in [0.25, 0.3) is 5.91 Å². The van der Waals surface area contributed by atoms with E-state index in [0.29, 0.717) is 43.6 Å². The fraction of sp³-hybridized carbons (Fsp3) is 0.368. The summed E-state index contributed by atoms with van der Waals surface area (Å²) in [5.41, 5.74) is 1.31. The average Bonchev–Trinajstić information content (AvgIpc) is 3.18.